The van der Waals surface area contributed by atoms with Crippen molar-refractivity contribution in [2.75, 3.05) is 25.0 Å². The van der Waals surface area contributed by atoms with Crippen LogP contribution in [0.3, 0.4) is 0 Å². The van der Waals surface area contributed by atoms with E-state index in [-0.39, 0.29) is 56.6 Å². The molecule has 0 spiro atoms. The summed E-state index contributed by atoms with van der Waals surface area (Å²) in [6.07, 6.45) is 11.8. The van der Waals surface area contributed by atoms with E-state index in [0.29, 0.717) is 0 Å². The molecule has 4 nitrogen and oxygen atoms in total. The Morgan fingerprint density at radius 3 is 0.958 bits per heavy atom. The minimum absolute atomic E-state index is 0. The molecule has 2 rings (SSSR count). The van der Waals surface area contributed by atoms with Gasteiger partial charge in [0.1, 0.15) is 0 Å². The van der Waals surface area contributed by atoms with Crippen LogP contribution in [0.5, 0.6) is 0 Å². The summed E-state index contributed by atoms with van der Waals surface area (Å²) >= 11 is 7.67. The summed E-state index contributed by atoms with van der Waals surface area (Å²) in [7, 11) is 9.03. The molecule has 12 heteroatoms. The molecular formula is C12H24Ag3AuCl2O4S2. The van der Waals surface area contributed by atoms with Crippen molar-refractivity contribution in [3.05, 3.63) is 0 Å². The first-order chi connectivity index (χ1) is 10.4. The van der Waals surface area contributed by atoms with Crippen molar-refractivity contribution < 1.29 is 105 Å². The van der Waals surface area contributed by atoms with Gasteiger partial charge in [-0.15, -0.1) is 0 Å². The molecular weight excluding hydrogens is 864 g/mol. The predicted molar refractivity (Wildman–Crippen MR) is 91.3 cm³/mol. The van der Waals surface area contributed by atoms with E-state index in [1.54, 1.807) is 43.5 Å². The van der Waals surface area contributed by atoms with Crippen LogP contribution >= 0.6 is 41.9 Å². The molecule has 0 atom stereocenters. The molecule has 2 N–H and O–H groups in total. The van der Waals surface area contributed by atoms with Crippen molar-refractivity contribution in [2.45, 2.75) is 25.7 Å². The van der Waals surface area contributed by atoms with Crippen molar-refractivity contribution in [3.63, 3.8) is 0 Å². The van der Waals surface area contributed by atoms with Crippen molar-refractivity contribution in [1.82, 2.24) is 0 Å². The molecule has 2 fully saturated rings. The molecule has 2 saturated carbocycles. The van der Waals surface area contributed by atoms with Gasteiger partial charge in [0.25, 0.3) is 0 Å². The maximum atomic E-state index is 9.76. The minimum atomic E-state index is -0.630. The number of halogens is 2. The van der Waals surface area contributed by atoms with Crippen LogP contribution in [0.25, 0.3) is 0 Å². The molecule has 0 aromatic heterocycles. The van der Waals surface area contributed by atoms with E-state index in [0.717, 1.165) is 25.7 Å². The Balaban J connectivity index is -0.0000000427. The van der Waals surface area contributed by atoms with Gasteiger partial charge in [-0.05, 0) is 50.7 Å². The third kappa shape index (κ3) is 49.9. The second-order valence-corrected chi connectivity index (χ2v) is 5.67. The van der Waals surface area contributed by atoms with Crippen LogP contribution in [0.1, 0.15) is 25.7 Å². The van der Waals surface area contributed by atoms with Crippen molar-refractivity contribution in [1.29, 1.82) is 0 Å². The average molecular weight is 888 g/mol. The Kier molecular flexibility index (Phi) is 64.0. The summed E-state index contributed by atoms with van der Waals surface area (Å²) < 4.78 is 0. The van der Waals surface area contributed by atoms with E-state index < -0.39 is 11.9 Å². The molecule has 2 aliphatic rings. The summed E-state index contributed by atoms with van der Waals surface area (Å²) in [5.74, 6) is -1.22. The fraction of sp³-hybridized carbons (Fsp3) is 0.833. The SMILES string of the molecule is CSC.CSC.O=C(O)C1CC1.O=C(O)C1CC1.[Ag].[Ag].[Cl][Ag].[Cl][Au]. The van der Waals surface area contributed by atoms with Crippen LogP contribution in [0.15, 0.2) is 0 Å². The zero-order chi connectivity index (χ0) is 18.6. The van der Waals surface area contributed by atoms with E-state index in [4.69, 9.17) is 10.2 Å². The van der Waals surface area contributed by atoms with E-state index in [1.807, 2.05) is 25.0 Å². The molecule has 0 saturated heterocycles. The number of carboxylic acid groups (broad SMARTS) is 2. The number of carbonyl (C=O) groups is 2. The molecule has 0 aromatic carbocycles. The second kappa shape index (κ2) is 37.0. The van der Waals surface area contributed by atoms with Crippen molar-refractivity contribution in [3.8, 4) is 0 Å². The first-order valence-corrected chi connectivity index (χ1v) is 13.8. The molecule has 166 valence electrons. The van der Waals surface area contributed by atoms with Crippen LogP contribution in [-0.2, 0) is 94.3 Å². The van der Waals surface area contributed by atoms with Crippen molar-refractivity contribution >= 4 is 53.8 Å². The monoisotopic (exact) mass is 884 g/mol. The van der Waals surface area contributed by atoms with Gasteiger partial charge in [-0.25, -0.2) is 0 Å². The molecule has 0 aromatic rings. The van der Waals surface area contributed by atoms with Gasteiger partial charge in [0.15, 0.2) is 0 Å². The average Bonchev–Trinajstić information content (AvgIpc) is 3.38. The van der Waals surface area contributed by atoms with Gasteiger partial charge in [0.2, 0.25) is 0 Å². The Bertz CT molecular complexity index is 230. The third-order valence-electron chi connectivity index (χ3n) is 1.85. The Morgan fingerprint density at radius 1 is 0.833 bits per heavy atom. The molecule has 0 amide bonds. The second-order valence-electron chi connectivity index (χ2n) is 4.04. The van der Waals surface area contributed by atoms with Crippen LogP contribution in [0.4, 0.5) is 0 Å². The van der Waals surface area contributed by atoms with Gasteiger partial charge in [-0.3, -0.25) is 9.59 Å². The van der Waals surface area contributed by atoms with E-state index >= 15 is 0 Å². The number of aliphatic carboxylic acids is 2. The first-order valence-electron chi connectivity index (χ1n) is 5.93. The molecule has 2 radical (unpaired) electrons. The van der Waals surface area contributed by atoms with Gasteiger partial charge in [0.05, 0.1) is 11.8 Å². The first kappa shape index (κ1) is 41.5. The van der Waals surface area contributed by atoms with Gasteiger partial charge in [-0.1, -0.05) is 0 Å². The number of hydrogen-bond acceptors (Lipinski definition) is 4. The van der Waals surface area contributed by atoms with E-state index in [1.165, 1.54) is 0 Å². The molecule has 2 aliphatic carbocycles. The van der Waals surface area contributed by atoms with Gasteiger partial charge in [0, 0.05) is 44.8 Å². The summed E-state index contributed by atoms with van der Waals surface area (Å²) in [6, 6.07) is 0. The standard InChI is InChI=1S/2C4H6O2.2C2H6S.3Ag.Au.2ClH/c2*5-4(6)3-1-2-3;2*1-3-2;;;;;;/h2*3H,1-2H2,(H,5,6);2*1-2H3;;;;;2*1H/q;;;;;;2*+1;;/p-2. The van der Waals surface area contributed by atoms with Gasteiger partial charge < -0.3 is 10.2 Å². The predicted octanol–water partition coefficient (Wildman–Crippen LogP) is 4.29. The third-order valence-corrected chi connectivity index (χ3v) is 1.85. The number of thioether (sulfide) groups is 2. The van der Waals surface area contributed by atoms with Crippen LogP contribution in [0, 0.1) is 11.8 Å². The fourth-order valence-electron chi connectivity index (χ4n) is 0.661. The quantitative estimate of drug-likeness (QED) is 0.404. The summed E-state index contributed by atoms with van der Waals surface area (Å²) in [6.45, 7) is 0. The number of carboxylic acids is 2. The molecule has 0 aliphatic heterocycles. The summed E-state index contributed by atoms with van der Waals surface area (Å²) in [5, 5.41) is 16.1. The Hall–Kier alpha value is 3.18. The van der Waals surface area contributed by atoms with Crippen LogP contribution < -0.4 is 0 Å². The zero-order valence-electron chi connectivity index (χ0n) is 13.5. The van der Waals surface area contributed by atoms with Gasteiger partial charge in [-0.2, -0.15) is 23.5 Å². The molecule has 24 heavy (non-hydrogen) atoms. The maximum absolute atomic E-state index is 9.76. The normalized spacial score (nSPS) is 12.4. The Morgan fingerprint density at radius 2 is 0.958 bits per heavy atom. The van der Waals surface area contributed by atoms with Crippen molar-refractivity contribution in [2.24, 2.45) is 11.8 Å². The summed E-state index contributed by atoms with van der Waals surface area (Å²) in [5.41, 5.74) is 0. The van der Waals surface area contributed by atoms with Crippen LogP contribution in [-0.4, -0.2) is 47.2 Å². The van der Waals surface area contributed by atoms with E-state index in [9.17, 15) is 9.59 Å². The topological polar surface area (TPSA) is 74.6 Å². The summed E-state index contributed by atoms with van der Waals surface area (Å²) in [4.78, 5) is 19.5. The molecule has 0 bridgehead atoms. The van der Waals surface area contributed by atoms with Crippen LogP contribution in [0.2, 0.25) is 0 Å². The fourth-order valence-corrected chi connectivity index (χ4v) is 0.661. The molecule has 0 heterocycles. The van der Waals surface area contributed by atoms with E-state index in [2.05, 4.69) is 38.4 Å². The number of hydrogen-bond donors (Lipinski definition) is 2. The molecule has 0 unspecified atom stereocenters. The Labute approximate surface area is 218 Å². The zero-order valence-corrected chi connectivity index (χ0v) is 23.2. The number of rotatable bonds is 2. The van der Waals surface area contributed by atoms with Gasteiger partial charge >= 0.3 is 70.3 Å².